The summed E-state index contributed by atoms with van der Waals surface area (Å²) in [6.07, 6.45) is -4.23. The van der Waals surface area contributed by atoms with Gasteiger partial charge < -0.3 is 9.72 Å². The maximum absolute atomic E-state index is 13.6. The van der Waals surface area contributed by atoms with Crippen LogP contribution in [0.4, 0.5) is 32.0 Å². The highest BCUT2D eigenvalue weighted by molar-refractivity contribution is 5.84. The van der Waals surface area contributed by atoms with Crippen LogP contribution in [0.15, 0.2) is 36.5 Å². The fourth-order valence-corrected chi connectivity index (χ4v) is 3.54. The number of benzene rings is 2. The summed E-state index contributed by atoms with van der Waals surface area (Å²) < 4.78 is 86.5. The van der Waals surface area contributed by atoms with Gasteiger partial charge >= 0.3 is 12.4 Å². The first-order valence-electron chi connectivity index (χ1n) is 10.2. The highest BCUT2D eigenvalue weighted by Gasteiger charge is 2.44. The third kappa shape index (κ3) is 5.58. The number of aromatic nitrogens is 1. The molecule has 0 unspecified atom stereocenters. The Morgan fingerprint density at radius 1 is 0.970 bits per heavy atom. The molecule has 0 radical (unpaired) electrons. The molecule has 0 saturated carbocycles. The molecule has 0 aliphatic heterocycles. The van der Waals surface area contributed by atoms with Gasteiger partial charge in [-0.2, -0.15) is 26.3 Å². The number of non-ortho nitro benzene ring substituents is 1. The predicted molar refractivity (Wildman–Crippen MR) is 109 cm³/mol. The summed E-state index contributed by atoms with van der Waals surface area (Å²) in [5.41, 5.74) is -3.57. The van der Waals surface area contributed by atoms with E-state index in [-0.39, 0.29) is 17.9 Å². The lowest BCUT2D eigenvalue weighted by Gasteiger charge is -2.19. The summed E-state index contributed by atoms with van der Waals surface area (Å²) in [5, 5.41) is 11.6. The van der Waals surface area contributed by atoms with Crippen LogP contribution in [0.3, 0.4) is 0 Å². The Hall–Kier alpha value is -3.24. The lowest BCUT2D eigenvalue weighted by atomic mass is 10.0. The second-order valence-electron chi connectivity index (χ2n) is 7.56. The van der Waals surface area contributed by atoms with Crippen LogP contribution in [0, 0.1) is 10.1 Å². The number of unbranched alkanes of at least 4 members (excludes halogenated alkanes) is 3. The van der Waals surface area contributed by atoms with E-state index in [9.17, 15) is 36.5 Å². The Bertz CT molecular complexity index is 1120. The molecule has 0 fully saturated rings. The molecule has 0 aliphatic carbocycles. The first-order valence-corrected chi connectivity index (χ1v) is 10.2. The molecule has 1 heterocycles. The van der Waals surface area contributed by atoms with Gasteiger partial charge in [0.15, 0.2) is 5.75 Å². The molecular formula is C22H20F6N2O3. The van der Waals surface area contributed by atoms with Crippen molar-refractivity contribution in [3.8, 4) is 11.5 Å². The quantitative estimate of drug-likeness (QED) is 0.156. The molecule has 33 heavy (non-hydrogen) atoms. The molecule has 0 saturated heterocycles. The van der Waals surface area contributed by atoms with Gasteiger partial charge in [-0.25, -0.2) is 0 Å². The van der Waals surface area contributed by atoms with Crippen molar-refractivity contribution in [2.45, 2.75) is 51.4 Å². The zero-order chi connectivity index (χ0) is 24.4. The molecule has 5 nitrogen and oxygen atoms in total. The van der Waals surface area contributed by atoms with Gasteiger partial charge in [-0.3, -0.25) is 10.1 Å². The number of hydrogen-bond acceptors (Lipinski definition) is 3. The maximum Gasteiger partial charge on any atom is 0.420 e. The average molecular weight is 474 g/mol. The van der Waals surface area contributed by atoms with E-state index in [1.807, 2.05) is 0 Å². The Morgan fingerprint density at radius 2 is 1.61 bits per heavy atom. The van der Waals surface area contributed by atoms with E-state index in [0.29, 0.717) is 17.3 Å². The Labute approximate surface area is 184 Å². The number of nitrogens with zero attached hydrogens (tertiary/aromatic N) is 1. The van der Waals surface area contributed by atoms with Gasteiger partial charge in [0.25, 0.3) is 5.69 Å². The normalized spacial score (nSPS) is 12.3. The summed E-state index contributed by atoms with van der Waals surface area (Å²) >= 11 is 0. The molecule has 0 amide bonds. The summed E-state index contributed by atoms with van der Waals surface area (Å²) in [7, 11) is 0. The van der Waals surface area contributed by atoms with Crippen molar-refractivity contribution < 1.29 is 36.0 Å². The van der Waals surface area contributed by atoms with E-state index in [1.165, 1.54) is 18.2 Å². The van der Waals surface area contributed by atoms with E-state index >= 15 is 0 Å². The molecule has 0 spiro atoms. The number of fused-ring (bicyclic) bond motifs is 1. The number of H-pyrrole nitrogens is 1. The van der Waals surface area contributed by atoms with Crippen molar-refractivity contribution in [2.24, 2.45) is 0 Å². The van der Waals surface area contributed by atoms with Gasteiger partial charge in [-0.05, 0) is 36.6 Å². The van der Waals surface area contributed by atoms with E-state index in [4.69, 9.17) is 4.74 Å². The van der Waals surface area contributed by atoms with E-state index < -0.39 is 39.8 Å². The fourth-order valence-electron chi connectivity index (χ4n) is 3.54. The number of hydrogen-bond donors (Lipinski definition) is 1. The summed E-state index contributed by atoms with van der Waals surface area (Å²) in [5.74, 6) is -1.78. The molecule has 3 rings (SSSR count). The van der Waals surface area contributed by atoms with Crippen molar-refractivity contribution in [1.29, 1.82) is 0 Å². The third-order valence-corrected chi connectivity index (χ3v) is 5.15. The summed E-state index contributed by atoms with van der Waals surface area (Å²) in [4.78, 5) is 12.6. The molecule has 1 N–H and O–H groups in total. The minimum Gasteiger partial charge on any atom is -0.456 e. The Kier molecular flexibility index (Phi) is 6.89. The van der Waals surface area contributed by atoms with Crippen LogP contribution in [0.1, 0.15) is 49.3 Å². The minimum absolute atomic E-state index is 0.0402. The molecule has 1 aromatic heterocycles. The van der Waals surface area contributed by atoms with Crippen molar-refractivity contribution >= 4 is 16.6 Å². The Morgan fingerprint density at radius 3 is 2.15 bits per heavy atom. The molecule has 178 valence electrons. The molecular weight excluding hydrogens is 454 g/mol. The molecule has 0 atom stereocenters. The van der Waals surface area contributed by atoms with Crippen molar-refractivity contribution in [3.63, 3.8) is 0 Å². The maximum atomic E-state index is 13.6. The first kappa shape index (κ1) is 24.4. The highest BCUT2D eigenvalue weighted by atomic mass is 19.4. The standard InChI is InChI=1S/C22H20F6N2O3/c1-2-3-4-5-6-13-12-29-19-8-7-15(11-16(13)19)33-20-17(21(23,24)25)9-14(30(31)32)10-18(20)22(26,27)28/h7-12,29H,2-6H2,1H3. The molecule has 0 bridgehead atoms. The number of nitro groups is 1. The summed E-state index contributed by atoms with van der Waals surface area (Å²) in [6, 6.07) is 4.17. The topological polar surface area (TPSA) is 68.2 Å². The SMILES string of the molecule is CCCCCCc1c[nH]c2ccc(Oc3c(C(F)(F)F)cc([N+](=O)[O-])cc3C(F)(F)F)cc12. The van der Waals surface area contributed by atoms with Gasteiger partial charge in [-0.15, -0.1) is 0 Å². The van der Waals surface area contributed by atoms with E-state index in [2.05, 4.69) is 11.9 Å². The van der Waals surface area contributed by atoms with Crippen molar-refractivity contribution in [3.05, 3.63) is 63.3 Å². The number of nitro benzene ring substituents is 1. The van der Waals surface area contributed by atoms with Gasteiger partial charge in [0.1, 0.15) is 16.9 Å². The lowest BCUT2D eigenvalue weighted by molar-refractivity contribution is -0.385. The Balaban J connectivity index is 2.07. The van der Waals surface area contributed by atoms with Crippen LogP contribution in [0.5, 0.6) is 11.5 Å². The minimum atomic E-state index is -5.32. The third-order valence-electron chi connectivity index (χ3n) is 5.15. The monoisotopic (exact) mass is 474 g/mol. The van der Waals surface area contributed by atoms with Crippen LogP contribution in [0.2, 0.25) is 0 Å². The van der Waals surface area contributed by atoms with Crippen LogP contribution in [0.25, 0.3) is 10.9 Å². The van der Waals surface area contributed by atoms with E-state index in [1.54, 1.807) is 6.20 Å². The second-order valence-corrected chi connectivity index (χ2v) is 7.56. The number of rotatable bonds is 8. The number of alkyl halides is 6. The molecule has 0 aliphatic rings. The molecule has 2 aromatic carbocycles. The predicted octanol–water partition coefficient (Wildman–Crippen LogP) is 8.03. The van der Waals surface area contributed by atoms with E-state index in [0.717, 1.165) is 31.2 Å². The number of nitrogens with one attached hydrogen (secondary N) is 1. The van der Waals surface area contributed by atoms with Crippen LogP contribution < -0.4 is 4.74 Å². The zero-order valence-electron chi connectivity index (χ0n) is 17.4. The van der Waals surface area contributed by atoms with Gasteiger partial charge in [-0.1, -0.05) is 26.2 Å². The number of aromatic amines is 1. The van der Waals surface area contributed by atoms with Crippen LogP contribution >= 0.6 is 0 Å². The van der Waals surface area contributed by atoms with Gasteiger partial charge in [0.05, 0.1) is 4.92 Å². The van der Waals surface area contributed by atoms with Gasteiger partial charge in [0.2, 0.25) is 0 Å². The van der Waals surface area contributed by atoms with Crippen LogP contribution in [-0.2, 0) is 18.8 Å². The fraction of sp³-hybridized carbons (Fsp3) is 0.364. The van der Waals surface area contributed by atoms with Crippen LogP contribution in [-0.4, -0.2) is 9.91 Å². The number of halogens is 6. The number of ether oxygens (including phenoxy) is 1. The molecule has 11 heteroatoms. The summed E-state index contributed by atoms with van der Waals surface area (Å²) in [6.45, 7) is 2.07. The van der Waals surface area contributed by atoms with Crippen molar-refractivity contribution in [1.82, 2.24) is 4.98 Å². The largest absolute Gasteiger partial charge is 0.456 e. The average Bonchev–Trinajstić information content (AvgIpc) is 3.11. The second kappa shape index (κ2) is 9.32. The molecule has 3 aromatic rings. The zero-order valence-corrected chi connectivity index (χ0v) is 17.4. The van der Waals surface area contributed by atoms with Gasteiger partial charge in [0, 0.05) is 29.2 Å². The smallest absolute Gasteiger partial charge is 0.420 e. The number of aryl methyl sites for hydroxylation is 1. The van der Waals surface area contributed by atoms with Crippen molar-refractivity contribution in [2.75, 3.05) is 0 Å². The highest BCUT2D eigenvalue weighted by Crippen LogP contribution is 2.48. The first-order chi connectivity index (χ1) is 15.4. The lowest BCUT2D eigenvalue weighted by Crippen LogP contribution is -2.15.